The van der Waals surface area contributed by atoms with Crippen molar-refractivity contribution < 1.29 is 0 Å². The van der Waals surface area contributed by atoms with Gasteiger partial charge in [-0.05, 0) is 51.6 Å². The molecule has 0 amide bonds. The van der Waals surface area contributed by atoms with Crippen molar-refractivity contribution in [2.45, 2.75) is 46.1 Å². The average molecular weight is 304 g/mol. The first-order valence-corrected chi connectivity index (χ1v) is 8.66. The van der Waals surface area contributed by atoms with Crippen LogP contribution in [-0.2, 0) is 0 Å². The quantitative estimate of drug-likeness (QED) is 0.942. The Kier molecular flexibility index (Phi) is 4.13. The summed E-state index contributed by atoms with van der Waals surface area (Å²) in [4.78, 5) is 14.0. The summed E-state index contributed by atoms with van der Waals surface area (Å²) in [5.41, 5.74) is 7.31. The van der Waals surface area contributed by atoms with Gasteiger partial charge in [0.25, 0.3) is 0 Å². The van der Waals surface area contributed by atoms with Crippen molar-refractivity contribution in [2.75, 3.05) is 18.0 Å². The molecule has 2 unspecified atom stereocenters. The molecule has 0 radical (unpaired) electrons. The first-order chi connectivity index (χ1) is 10.2. The summed E-state index contributed by atoms with van der Waals surface area (Å²) in [6, 6.07) is 0.526. The SMILES string of the molecule is CCN(c1ncnc2sc(C)c(C)c12)C1CCCC1CN. The van der Waals surface area contributed by atoms with Crippen molar-refractivity contribution in [3.05, 3.63) is 16.8 Å². The number of aryl methyl sites for hydroxylation is 2. The zero-order valence-corrected chi connectivity index (χ0v) is 13.9. The van der Waals surface area contributed by atoms with E-state index in [1.54, 1.807) is 17.7 Å². The third-order valence-corrected chi connectivity index (χ3v) is 6.00. The Morgan fingerprint density at radius 3 is 2.86 bits per heavy atom. The lowest BCUT2D eigenvalue weighted by Crippen LogP contribution is -2.41. The number of rotatable bonds is 4. The molecular formula is C16H24N4S. The monoisotopic (exact) mass is 304 g/mol. The highest BCUT2D eigenvalue weighted by atomic mass is 32.1. The Bertz CT molecular complexity index is 636. The molecule has 0 saturated heterocycles. The molecule has 2 N–H and O–H groups in total. The highest BCUT2D eigenvalue weighted by Gasteiger charge is 2.32. The van der Waals surface area contributed by atoms with Crippen molar-refractivity contribution in [1.29, 1.82) is 0 Å². The Balaban J connectivity index is 2.09. The summed E-state index contributed by atoms with van der Waals surface area (Å²) in [5, 5.41) is 1.24. The smallest absolute Gasteiger partial charge is 0.141 e. The molecule has 1 fully saturated rings. The van der Waals surface area contributed by atoms with E-state index < -0.39 is 0 Å². The second-order valence-corrected chi connectivity index (χ2v) is 7.14. The maximum atomic E-state index is 5.98. The summed E-state index contributed by atoms with van der Waals surface area (Å²) in [5.74, 6) is 1.70. The van der Waals surface area contributed by atoms with Crippen LogP contribution in [0, 0.1) is 19.8 Å². The van der Waals surface area contributed by atoms with Gasteiger partial charge in [-0.25, -0.2) is 9.97 Å². The fraction of sp³-hybridized carbons (Fsp3) is 0.625. The number of aromatic nitrogens is 2. The number of hydrogen-bond acceptors (Lipinski definition) is 5. The summed E-state index contributed by atoms with van der Waals surface area (Å²) < 4.78 is 0. The fourth-order valence-electron chi connectivity index (χ4n) is 3.63. The van der Waals surface area contributed by atoms with Gasteiger partial charge >= 0.3 is 0 Å². The topological polar surface area (TPSA) is 55.0 Å². The van der Waals surface area contributed by atoms with Gasteiger partial charge in [-0.15, -0.1) is 11.3 Å². The first-order valence-electron chi connectivity index (χ1n) is 7.84. The summed E-state index contributed by atoms with van der Waals surface area (Å²) in [7, 11) is 0. The van der Waals surface area contributed by atoms with E-state index in [4.69, 9.17) is 5.73 Å². The largest absolute Gasteiger partial charge is 0.353 e. The highest BCUT2D eigenvalue weighted by molar-refractivity contribution is 7.18. The van der Waals surface area contributed by atoms with Crippen molar-refractivity contribution in [3.8, 4) is 0 Å². The zero-order chi connectivity index (χ0) is 15.0. The number of nitrogens with two attached hydrogens (primary N) is 1. The van der Waals surface area contributed by atoms with Crippen LogP contribution >= 0.6 is 11.3 Å². The van der Waals surface area contributed by atoms with E-state index >= 15 is 0 Å². The van der Waals surface area contributed by atoms with Gasteiger partial charge in [-0.2, -0.15) is 0 Å². The number of anilines is 1. The van der Waals surface area contributed by atoms with Crippen LogP contribution in [0.1, 0.15) is 36.6 Å². The van der Waals surface area contributed by atoms with E-state index in [0.29, 0.717) is 12.0 Å². The van der Waals surface area contributed by atoms with Crippen LogP contribution < -0.4 is 10.6 Å². The van der Waals surface area contributed by atoms with Gasteiger partial charge in [0.15, 0.2) is 0 Å². The van der Waals surface area contributed by atoms with Gasteiger partial charge in [0, 0.05) is 17.5 Å². The predicted molar refractivity (Wildman–Crippen MR) is 90.1 cm³/mol. The van der Waals surface area contributed by atoms with Gasteiger partial charge in [-0.1, -0.05) is 6.42 Å². The van der Waals surface area contributed by atoms with Crippen LogP contribution in [0.4, 0.5) is 5.82 Å². The molecule has 5 heteroatoms. The lowest BCUT2D eigenvalue weighted by atomic mass is 10.0. The van der Waals surface area contributed by atoms with Gasteiger partial charge < -0.3 is 10.6 Å². The van der Waals surface area contributed by atoms with Crippen molar-refractivity contribution >= 4 is 27.4 Å². The molecular weight excluding hydrogens is 280 g/mol. The van der Waals surface area contributed by atoms with Gasteiger partial charge in [0.1, 0.15) is 17.0 Å². The molecule has 0 aromatic carbocycles. The molecule has 0 aliphatic heterocycles. The number of hydrogen-bond donors (Lipinski definition) is 1. The molecule has 2 aromatic heterocycles. The Morgan fingerprint density at radius 2 is 2.14 bits per heavy atom. The lowest BCUT2D eigenvalue weighted by molar-refractivity contribution is 0.460. The lowest BCUT2D eigenvalue weighted by Gasteiger charge is -2.33. The molecule has 2 aromatic rings. The Labute approximate surface area is 130 Å². The summed E-state index contributed by atoms with van der Waals surface area (Å²) in [6.07, 6.45) is 5.46. The minimum Gasteiger partial charge on any atom is -0.353 e. The summed E-state index contributed by atoms with van der Waals surface area (Å²) >= 11 is 1.77. The van der Waals surface area contributed by atoms with Crippen molar-refractivity contribution in [3.63, 3.8) is 0 Å². The van der Waals surface area contributed by atoms with Crippen LogP contribution in [0.2, 0.25) is 0 Å². The van der Waals surface area contributed by atoms with E-state index in [9.17, 15) is 0 Å². The molecule has 114 valence electrons. The van der Waals surface area contributed by atoms with Gasteiger partial charge in [-0.3, -0.25) is 0 Å². The maximum absolute atomic E-state index is 5.98. The molecule has 4 nitrogen and oxygen atoms in total. The van der Waals surface area contributed by atoms with Crippen LogP contribution in [-0.4, -0.2) is 29.1 Å². The molecule has 0 spiro atoms. The second-order valence-electron chi connectivity index (χ2n) is 5.94. The summed E-state index contributed by atoms with van der Waals surface area (Å²) in [6.45, 7) is 8.32. The number of thiophene rings is 1. The minimum absolute atomic E-state index is 0.526. The fourth-order valence-corrected chi connectivity index (χ4v) is 4.62. The predicted octanol–water partition coefficient (Wildman–Crippen LogP) is 3.26. The Morgan fingerprint density at radius 1 is 1.33 bits per heavy atom. The molecule has 2 atom stereocenters. The molecule has 3 rings (SSSR count). The van der Waals surface area contributed by atoms with E-state index in [1.165, 1.54) is 35.1 Å². The van der Waals surface area contributed by atoms with Crippen LogP contribution in [0.3, 0.4) is 0 Å². The molecule has 1 saturated carbocycles. The van der Waals surface area contributed by atoms with E-state index in [0.717, 1.165) is 23.7 Å². The molecule has 21 heavy (non-hydrogen) atoms. The first kappa shape index (κ1) is 14.7. The van der Waals surface area contributed by atoms with E-state index in [2.05, 4.69) is 35.6 Å². The third-order valence-electron chi connectivity index (χ3n) is 4.88. The molecule has 1 aliphatic rings. The van der Waals surface area contributed by atoms with Gasteiger partial charge in [0.2, 0.25) is 0 Å². The molecule has 0 bridgehead atoms. The normalized spacial score (nSPS) is 22.1. The van der Waals surface area contributed by atoms with E-state index in [-0.39, 0.29) is 0 Å². The highest BCUT2D eigenvalue weighted by Crippen LogP contribution is 2.38. The van der Waals surface area contributed by atoms with Crippen molar-refractivity contribution in [2.24, 2.45) is 11.7 Å². The maximum Gasteiger partial charge on any atom is 0.141 e. The minimum atomic E-state index is 0.526. The number of nitrogens with zero attached hydrogens (tertiary/aromatic N) is 3. The Hall–Kier alpha value is -1.20. The van der Waals surface area contributed by atoms with E-state index in [1.807, 2.05) is 0 Å². The average Bonchev–Trinajstić information content (AvgIpc) is 3.06. The van der Waals surface area contributed by atoms with Crippen LogP contribution in [0.15, 0.2) is 6.33 Å². The van der Waals surface area contributed by atoms with Gasteiger partial charge in [0.05, 0.1) is 5.39 Å². The zero-order valence-electron chi connectivity index (χ0n) is 13.1. The van der Waals surface area contributed by atoms with Crippen LogP contribution in [0.25, 0.3) is 10.2 Å². The molecule has 2 heterocycles. The number of fused-ring (bicyclic) bond motifs is 1. The second kappa shape index (κ2) is 5.89. The van der Waals surface area contributed by atoms with Crippen molar-refractivity contribution in [1.82, 2.24) is 9.97 Å². The standard InChI is InChI=1S/C16H24N4S/c1-4-20(13-7-5-6-12(13)8-17)15-14-10(2)11(3)21-16(14)19-9-18-15/h9,12-13H,4-8,17H2,1-3H3. The third kappa shape index (κ3) is 2.42. The van der Waals surface area contributed by atoms with Crippen LogP contribution in [0.5, 0.6) is 0 Å². The molecule has 1 aliphatic carbocycles.